The Morgan fingerprint density at radius 2 is 1.71 bits per heavy atom. The van der Waals surface area contributed by atoms with Crippen LogP contribution in [0.1, 0.15) is 17.5 Å². The highest BCUT2D eigenvalue weighted by atomic mass is 79.9. The summed E-state index contributed by atoms with van der Waals surface area (Å²) in [5.41, 5.74) is 2.30. The molecule has 0 atom stereocenters. The third kappa shape index (κ3) is 5.04. The fourth-order valence-electron chi connectivity index (χ4n) is 2.04. The smallest absolute Gasteiger partial charge is 0.126 e. The third-order valence-corrected chi connectivity index (χ3v) is 4.07. The highest BCUT2D eigenvalue weighted by molar-refractivity contribution is 9.10. The van der Waals surface area contributed by atoms with Crippen molar-refractivity contribution in [2.24, 2.45) is 0 Å². The summed E-state index contributed by atoms with van der Waals surface area (Å²) in [4.78, 5) is 0. The number of alkyl halides is 1. The summed E-state index contributed by atoms with van der Waals surface area (Å²) in [6, 6.07) is 14.0. The van der Waals surface area contributed by atoms with Crippen LogP contribution < -0.4 is 9.47 Å². The van der Waals surface area contributed by atoms with Gasteiger partial charge >= 0.3 is 0 Å². The van der Waals surface area contributed by atoms with Gasteiger partial charge in [-0.05, 0) is 36.8 Å². The number of hydrogen-bond acceptors (Lipinski definition) is 2. The van der Waals surface area contributed by atoms with E-state index in [9.17, 15) is 0 Å². The molecule has 2 aromatic rings. The molecule has 0 spiro atoms. The zero-order valence-corrected chi connectivity index (χ0v) is 15.1. The highest BCUT2D eigenvalue weighted by Gasteiger charge is 2.08. The molecule has 0 bridgehead atoms. The molecule has 2 rings (SSSR count). The second-order valence-electron chi connectivity index (χ2n) is 4.71. The van der Waals surface area contributed by atoms with Crippen LogP contribution in [0.3, 0.4) is 0 Å². The predicted octanol–water partition coefficient (Wildman–Crippen LogP) is 5.50. The van der Waals surface area contributed by atoms with Crippen molar-refractivity contribution in [3.63, 3.8) is 0 Å². The number of aryl methyl sites for hydroxylation is 1. The van der Waals surface area contributed by atoms with E-state index in [2.05, 4.69) is 50.9 Å². The van der Waals surface area contributed by atoms with Gasteiger partial charge in [0.2, 0.25) is 0 Å². The molecule has 0 fully saturated rings. The molecule has 0 N–H and O–H groups in total. The summed E-state index contributed by atoms with van der Waals surface area (Å²) in [5.74, 6) is 1.87. The first-order valence-corrected chi connectivity index (χ1v) is 8.78. The first-order chi connectivity index (χ1) is 10.2. The van der Waals surface area contributed by atoms with E-state index in [1.54, 1.807) is 0 Å². The number of ether oxygens (including phenoxy) is 2. The number of hydrogen-bond donors (Lipinski definition) is 0. The minimum Gasteiger partial charge on any atom is -0.493 e. The highest BCUT2D eigenvalue weighted by Crippen LogP contribution is 2.29. The fourth-order valence-corrected chi connectivity index (χ4v) is 3.08. The van der Waals surface area contributed by atoms with E-state index >= 15 is 0 Å². The van der Waals surface area contributed by atoms with Crippen LogP contribution in [0.25, 0.3) is 0 Å². The Bertz CT molecular complexity index is 571. The molecule has 0 aliphatic rings. The van der Waals surface area contributed by atoms with Gasteiger partial charge < -0.3 is 9.47 Å². The van der Waals surface area contributed by atoms with Crippen molar-refractivity contribution in [3.05, 3.63) is 58.1 Å². The van der Waals surface area contributed by atoms with E-state index in [1.807, 2.05) is 30.3 Å². The minimum absolute atomic E-state index is 0.648. The van der Waals surface area contributed by atoms with Gasteiger partial charge in [0.1, 0.15) is 11.5 Å². The number of para-hydroxylation sites is 1. The second-order valence-corrected chi connectivity index (χ2v) is 6.18. The molecule has 112 valence electrons. The molecular weight excluding hydrogens is 396 g/mol. The van der Waals surface area contributed by atoms with E-state index in [1.165, 1.54) is 0 Å². The lowest BCUT2D eigenvalue weighted by atomic mass is 10.1. The van der Waals surface area contributed by atoms with E-state index in [4.69, 9.17) is 9.47 Å². The molecule has 2 aromatic carbocycles. The van der Waals surface area contributed by atoms with Crippen LogP contribution in [0.2, 0.25) is 0 Å². The first-order valence-electron chi connectivity index (χ1n) is 6.86. The summed E-state index contributed by atoms with van der Waals surface area (Å²) >= 11 is 7.01. The Labute approximate surface area is 142 Å². The second kappa shape index (κ2) is 8.44. The lowest BCUT2D eigenvalue weighted by molar-refractivity contribution is 0.245. The van der Waals surface area contributed by atoms with Crippen molar-refractivity contribution in [2.45, 2.75) is 18.7 Å². The molecule has 4 heteroatoms. The molecule has 0 saturated carbocycles. The van der Waals surface area contributed by atoms with Crippen LogP contribution in [0.4, 0.5) is 0 Å². The molecule has 0 aromatic heterocycles. The predicted molar refractivity (Wildman–Crippen MR) is 93.6 cm³/mol. The fraction of sp³-hybridized carbons (Fsp3) is 0.294. The van der Waals surface area contributed by atoms with Crippen LogP contribution in [-0.4, -0.2) is 13.2 Å². The average Bonchev–Trinajstić information content (AvgIpc) is 2.49. The van der Waals surface area contributed by atoms with E-state index in [0.29, 0.717) is 13.2 Å². The Balaban J connectivity index is 1.81. The van der Waals surface area contributed by atoms with Gasteiger partial charge in [-0.15, -0.1) is 0 Å². The van der Waals surface area contributed by atoms with E-state index in [0.717, 1.165) is 38.8 Å². The van der Waals surface area contributed by atoms with Gasteiger partial charge in [0.25, 0.3) is 0 Å². The molecule has 0 saturated heterocycles. The zero-order chi connectivity index (χ0) is 15.1. The Morgan fingerprint density at radius 3 is 2.43 bits per heavy atom. The van der Waals surface area contributed by atoms with Crippen molar-refractivity contribution in [2.75, 3.05) is 13.2 Å². The van der Waals surface area contributed by atoms with Crippen molar-refractivity contribution >= 4 is 31.9 Å². The lowest BCUT2D eigenvalue weighted by Gasteiger charge is -2.14. The molecule has 0 aliphatic carbocycles. The van der Waals surface area contributed by atoms with Crippen LogP contribution in [0.5, 0.6) is 11.5 Å². The summed E-state index contributed by atoms with van der Waals surface area (Å²) in [6.45, 7) is 3.37. The van der Waals surface area contributed by atoms with Gasteiger partial charge in [-0.3, -0.25) is 0 Å². The van der Waals surface area contributed by atoms with Gasteiger partial charge in [-0.2, -0.15) is 0 Å². The Hall–Kier alpha value is -1.00. The van der Waals surface area contributed by atoms with Gasteiger partial charge in [0.15, 0.2) is 0 Å². The lowest BCUT2D eigenvalue weighted by Crippen LogP contribution is -2.06. The van der Waals surface area contributed by atoms with Gasteiger partial charge in [0, 0.05) is 21.8 Å². The maximum atomic E-state index is 5.92. The normalized spacial score (nSPS) is 10.4. The maximum Gasteiger partial charge on any atom is 0.126 e. The molecule has 0 unspecified atom stereocenters. The summed E-state index contributed by atoms with van der Waals surface area (Å²) < 4.78 is 12.7. The van der Waals surface area contributed by atoms with Gasteiger partial charge in [0.05, 0.1) is 13.2 Å². The van der Waals surface area contributed by atoms with Crippen molar-refractivity contribution in [3.8, 4) is 11.5 Å². The van der Waals surface area contributed by atoms with E-state index in [-0.39, 0.29) is 0 Å². The SMILES string of the molecule is Cc1cc(Br)cc(CBr)c1OCCCOc1ccccc1. The molecule has 21 heavy (non-hydrogen) atoms. The Morgan fingerprint density at radius 1 is 1.00 bits per heavy atom. The molecule has 0 aliphatic heterocycles. The topological polar surface area (TPSA) is 18.5 Å². The maximum absolute atomic E-state index is 5.92. The summed E-state index contributed by atoms with van der Waals surface area (Å²) in [7, 11) is 0. The standard InChI is InChI=1S/C17H18Br2O2/c1-13-10-15(19)11-14(12-18)17(13)21-9-5-8-20-16-6-3-2-4-7-16/h2-4,6-7,10-11H,5,8-9,12H2,1H3. The minimum atomic E-state index is 0.648. The van der Waals surface area contributed by atoms with Gasteiger partial charge in [-0.25, -0.2) is 0 Å². The van der Waals surface area contributed by atoms with Crippen LogP contribution in [-0.2, 0) is 5.33 Å². The number of rotatable bonds is 7. The molecule has 2 nitrogen and oxygen atoms in total. The molecule has 0 heterocycles. The quantitative estimate of drug-likeness (QED) is 0.440. The Kier molecular flexibility index (Phi) is 6.58. The van der Waals surface area contributed by atoms with Crippen molar-refractivity contribution in [1.82, 2.24) is 0 Å². The van der Waals surface area contributed by atoms with Crippen molar-refractivity contribution < 1.29 is 9.47 Å². The molecule has 0 amide bonds. The van der Waals surface area contributed by atoms with Crippen LogP contribution in [0, 0.1) is 6.92 Å². The zero-order valence-electron chi connectivity index (χ0n) is 11.9. The van der Waals surface area contributed by atoms with E-state index < -0.39 is 0 Å². The van der Waals surface area contributed by atoms with Crippen LogP contribution >= 0.6 is 31.9 Å². The third-order valence-electron chi connectivity index (χ3n) is 3.01. The molecular formula is C17H18Br2O2. The summed E-state index contributed by atoms with van der Waals surface area (Å²) in [6.07, 6.45) is 0.853. The monoisotopic (exact) mass is 412 g/mol. The summed E-state index contributed by atoms with van der Waals surface area (Å²) in [5, 5.41) is 0.781. The van der Waals surface area contributed by atoms with Crippen molar-refractivity contribution in [1.29, 1.82) is 0 Å². The number of halogens is 2. The number of benzene rings is 2. The van der Waals surface area contributed by atoms with Crippen LogP contribution in [0.15, 0.2) is 46.9 Å². The first kappa shape index (κ1) is 16.4. The van der Waals surface area contributed by atoms with Gasteiger partial charge in [-0.1, -0.05) is 50.1 Å². The molecule has 0 radical (unpaired) electrons. The average molecular weight is 414 g/mol. The largest absolute Gasteiger partial charge is 0.493 e.